The molecule has 0 saturated carbocycles. The Labute approximate surface area is 174 Å². The predicted molar refractivity (Wildman–Crippen MR) is 112 cm³/mol. The fourth-order valence-electron chi connectivity index (χ4n) is 4.48. The van der Waals surface area contributed by atoms with E-state index in [9.17, 15) is 10.2 Å². The molecule has 1 saturated heterocycles. The van der Waals surface area contributed by atoms with E-state index in [-0.39, 0.29) is 17.9 Å². The lowest BCUT2D eigenvalue weighted by Gasteiger charge is -2.35. The first-order valence-electron chi connectivity index (χ1n) is 10.4. The maximum atomic E-state index is 10.6. The minimum atomic E-state index is -0.352. The number of H-pyrrole nitrogens is 1. The molecular weight excluding hydrogens is 384 g/mol. The first-order valence-corrected chi connectivity index (χ1v) is 10.4. The van der Waals surface area contributed by atoms with Crippen LogP contribution in [-0.2, 0) is 12.8 Å². The molecule has 2 aromatic heterocycles. The Morgan fingerprint density at radius 2 is 2.20 bits per heavy atom. The molecule has 5 rings (SSSR count). The van der Waals surface area contributed by atoms with Crippen molar-refractivity contribution in [2.75, 3.05) is 31.6 Å². The minimum Gasteiger partial charge on any atom is -0.507 e. The molecule has 2 atom stereocenters. The molecule has 0 aliphatic carbocycles. The number of piperidine rings is 1. The third-order valence-electron chi connectivity index (χ3n) is 6.04. The molecule has 1 aromatic carbocycles. The Bertz CT molecular complexity index is 1070. The highest BCUT2D eigenvalue weighted by Gasteiger charge is 2.26. The van der Waals surface area contributed by atoms with Crippen molar-refractivity contribution in [2.45, 2.75) is 38.3 Å². The number of rotatable bonds is 5. The summed E-state index contributed by atoms with van der Waals surface area (Å²) >= 11 is 0. The van der Waals surface area contributed by atoms with Gasteiger partial charge in [-0.2, -0.15) is 10.2 Å². The number of nitrogens with one attached hydrogen (secondary N) is 2. The van der Waals surface area contributed by atoms with Crippen molar-refractivity contribution < 1.29 is 14.9 Å². The number of phenolic OH excluding ortho intramolecular Hbond substituents is 1. The number of aromatic nitrogens is 4. The van der Waals surface area contributed by atoms with Gasteiger partial charge in [0.25, 0.3) is 0 Å². The van der Waals surface area contributed by atoms with Gasteiger partial charge in [-0.05, 0) is 19.0 Å². The summed E-state index contributed by atoms with van der Waals surface area (Å²) in [4.78, 5) is 2.22. The number of likely N-dealkylation sites (tertiary alicyclic amines) is 1. The van der Waals surface area contributed by atoms with Crippen LogP contribution >= 0.6 is 0 Å². The van der Waals surface area contributed by atoms with Crippen LogP contribution in [-0.4, -0.2) is 73.9 Å². The number of ether oxygens (including phenoxy) is 1. The molecule has 0 radical (unpaired) electrons. The zero-order chi connectivity index (χ0) is 20.7. The molecule has 0 bridgehead atoms. The van der Waals surface area contributed by atoms with E-state index in [4.69, 9.17) is 4.74 Å². The van der Waals surface area contributed by atoms with Gasteiger partial charge < -0.3 is 20.3 Å². The van der Waals surface area contributed by atoms with Crippen molar-refractivity contribution in [3.05, 3.63) is 35.2 Å². The number of aliphatic hydroxyl groups is 1. The molecule has 4 N–H and O–H groups in total. The van der Waals surface area contributed by atoms with E-state index >= 15 is 0 Å². The number of nitrogens with zero attached hydrogens (tertiary/aromatic N) is 4. The lowest BCUT2D eigenvalue weighted by atomic mass is 10.0. The summed E-state index contributed by atoms with van der Waals surface area (Å²) in [6.07, 6.45) is 3.21. The number of anilines is 1. The summed E-state index contributed by atoms with van der Waals surface area (Å²) in [5.41, 5.74) is 3.17. The molecule has 158 valence electrons. The van der Waals surface area contributed by atoms with Gasteiger partial charge in [0.05, 0.1) is 35.5 Å². The van der Waals surface area contributed by atoms with Crippen LogP contribution < -0.4 is 10.1 Å². The topological polar surface area (TPSA) is 119 Å². The number of fused-ring (bicyclic) bond motifs is 2. The van der Waals surface area contributed by atoms with E-state index < -0.39 is 0 Å². The molecule has 0 amide bonds. The van der Waals surface area contributed by atoms with E-state index in [1.165, 1.54) is 0 Å². The van der Waals surface area contributed by atoms with Crippen LogP contribution in [0.3, 0.4) is 0 Å². The fourth-order valence-corrected chi connectivity index (χ4v) is 4.48. The maximum Gasteiger partial charge on any atom is 0.160 e. The van der Waals surface area contributed by atoms with Crippen LogP contribution in [0.4, 0.5) is 5.82 Å². The summed E-state index contributed by atoms with van der Waals surface area (Å²) in [5, 5.41) is 41.2. The van der Waals surface area contributed by atoms with Gasteiger partial charge in [-0.25, -0.2) is 0 Å². The average Bonchev–Trinajstić information content (AvgIpc) is 3.41. The van der Waals surface area contributed by atoms with E-state index in [0.29, 0.717) is 38.2 Å². The largest absolute Gasteiger partial charge is 0.507 e. The number of likely N-dealkylation sites (N-methyl/N-ethyl adjacent to an activating group) is 1. The zero-order valence-electron chi connectivity index (χ0n) is 16.9. The van der Waals surface area contributed by atoms with Crippen molar-refractivity contribution in [3.63, 3.8) is 0 Å². The van der Waals surface area contributed by atoms with Crippen LogP contribution in [0.5, 0.6) is 11.5 Å². The molecule has 0 unspecified atom stereocenters. The van der Waals surface area contributed by atoms with E-state index in [1.807, 2.05) is 12.1 Å². The first kappa shape index (κ1) is 19.1. The molecule has 0 spiro atoms. The third kappa shape index (κ3) is 3.44. The number of aromatic amines is 1. The summed E-state index contributed by atoms with van der Waals surface area (Å²) in [6, 6.07) is 3.87. The van der Waals surface area contributed by atoms with Crippen molar-refractivity contribution in [3.8, 4) is 11.5 Å². The van der Waals surface area contributed by atoms with Crippen molar-refractivity contribution in [1.29, 1.82) is 0 Å². The van der Waals surface area contributed by atoms with Crippen molar-refractivity contribution in [1.82, 2.24) is 25.3 Å². The number of hydrogen-bond donors (Lipinski definition) is 4. The van der Waals surface area contributed by atoms with E-state index in [1.54, 1.807) is 6.20 Å². The summed E-state index contributed by atoms with van der Waals surface area (Å²) in [5.74, 6) is 1.69. The van der Waals surface area contributed by atoms with E-state index in [0.717, 1.165) is 46.6 Å². The molecule has 3 aromatic rings. The third-order valence-corrected chi connectivity index (χ3v) is 6.04. The van der Waals surface area contributed by atoms with Gasteiger partial charge in [0.1, 0.15) is 11.5 Å². The van der Waals surface area contributed by atoms with Crippen molar-refractivity contribution in [2.24, 2.45) is 0 Å². The van der Waals surface area contributed by atoms with Gasteiger partial charge >= 0.3 is 0 Å². The van der Waals surface area contributed by atoms with Gasteiger partial charge in [0.2, 0.25) is 0 Å². The van der Waals surface area contributed by atoms with Crippen LogP contribution in [0.15, 0.2) is 18.3 Å². The summed E-state index contributed by atoms with van der Waals surface area (Å²) < 4.78 is 5.52. The molecule has 2 aliphatic rings. The van der Waals surface area contributed by atoms with Gasteiger partial charge in [0.15, 0.2) is 5.82 Å². The molecule has 2 aliphatic heterocycles. The van der Waals surface area contributed by atoms with Gasteiger partial charge in [-0.3, -0.25) is 10.00 Å². The van der Waals surface area contributed by atoms with Crippen molar-refractivity contribution >= 4 is 16.7 Å². The smallest absolute Gasteiger partial charge is 0.160 e. The first-order chi connectivity index (χ1) is 14.6. The second-order valence-corrected chi connectivity index (χ2v) is 8.06. The quantitative estimate of drug-likeness (QED) is 0.499. The summed E-state index contributed by atoms with van der Waals surface area (Å²) in [6.45, 7) is 5.15. The van der Waals surface area contributed by atoms with Gasteiger partial charge in [0, 0.05) is 43.1 Å². The predicted octanol–water partition coefficient (Wildman–Crippen LogP) is 1.45. The van der Waals surface area contributed by atoms with Gasteiger partial charge in [-0.15, -0.1) is 5.10 Å². The average molecular weight is 410 g/mol. The highest BCUT2D eigenvalue weighted by Crippen LogP contribution is 2.36. The number of hydrogen-bond acceptors (Lipinski definition) is 8. The minimum absolute atomic E-state index is 0.0905. The number of aromatic hydroxyl groups is 1. The molecule has 9 nitrogen and oxygen atoms in total. The molecule has 1 fully saturated rings. The molecule has 4 heterocycles. The Balaban J connectivity index is 1.41. The van der Waals surface area contributed by atoms with Crippen LogP contribution in [0.1, 0.15) is 30.2 Å². The monoisotopic (exact) mass is 410 g/mol. The number of aliphatic hydroxyl groups excluding tert-OH is 1. The highest BCUT2D eigenvalue weighted by atomic mass is 16.5. The van der Waals surface area contributed by atoms with Crippen LogP contribution in [0.25, 0.3) is 10.9 Å². The standard InChI is InChI=1S/C21H26N6O3/c1-2-27-10-13(8-14(28)11-27)23-21-16-9-22-25-19(16)17(24-26-21)7-12-3-4-18-15(20(12)29)5-6-30-18/h3-4,9,13-14,28-29H,2,5-8,10-11H2,1H3,(H,22,25)(H,23,26)/t13-,14-/m1/s1. The molecular formula is C21H26N6O3. The lowest BCUT2D eigenvalue weighted by Crippen LogP contribution is -2.48. The Hall–Kier alpha value is -2.91. The van der Waals surface area contributed by atoms with Gasteiger partial charge in [-0.1, -0.05) is 13.0 Å². The maximum absolute atomic E-state index is 10.6. The lowest BCUT2D eigenvalue weighted by molar-refractivity contribution is 0.0671. The number of benzene rings is 1. The van der Waals surface area contributed by atoms with Crippen LogP contribution in [0, 0.1) is 0 Å². The number of β-amino-alcohol motifs (C(OH)–C–C–N with tert-alkyl or cyclic N) is 1. The Kier molecular flexibility index (Phi) is 4.92. The van der Waals surface area contributed by atoms with E-state index in [2.05, 4.69) is 37.5 Å². The second kappa shape index (κ2) is 7.73. The molecule has 9 heteroatoms. The Morgan fingerprint density at radius 3 is 3.07 bits per heavy atom. The summed E-state index contributed by atoms with van der Waals surface area (Å²) in [7, 11) is 0. The normalized spacial score (nSPS) is 21.5. The number of phenols is 1. The second-order valence-electron chi connectivity index (χ2n) is 8.06. The Morgan fingerprint density at radius 1 is 1.30 bits per heavy atom. The highest BCUT2D eigenvalue weighted by molar-refractivity contribution is 5.90. The fraction of sp³-hybridized carbons (Fsp3) is 0.476. The van der Waals surface area contributed by atoms with Crippen LogP contribution in [0.2, 0.25) is 0 Å². The molecule has 30 heavy (non-hydrogen) atoms. The SMILES string of the molecule is CCN1C[C@H](O)C[C@@H](Nc2nnc(Cc3ccc4c(c3O)CCO4)c3[nH]ncc23)C1. The zero-order valence-corrected chi connectivity index (χ0v) is 16.9.